The molecule has 0 aliphatic carbocycles. The van der Waals surface area contributed by atoms with Crippen LogP contribution in [0.4, 0.5) is 0 Å². The average Bonchev–Trinajstić information content (AvgIpc) is 3.07. The average molecular weight is 302 g/mol. The minimum atomic E-state index is 0.00858. The summed E-state index contributed by atoms with van der Waals surface area (Å²) in [6, 6.07) is 8.39. The van der Waals surface area contributed by atoms with Crippen molar-refractivity contribution in [1.29, 1.82) is 0 Å². The van der Waals surface area contributed by atoms with E-state index >= 15 is 0 Å². The van der Waals surface area contributed by atoms with Gasteiger partial charge in [0.05, 0.1) is 18.5 Å². The highest BCUT2D eigenvalue weighted by atomic mass is 32.2. The molecule has 0 N–H and O–H groups in total. The molecule has 0 radical (unpaired) electrons. The van der Waals surface area contributed by atoms with Gasteiger partial charge in [0.1, 0.15) is 11.1 Å². The molecule has 2 heterocycles. The number of hydrogen-bond acceptors (Lipinski definition) is 4. The number of thioether (sulfide) groups is 1. The number of carbonyl (C=O) groups excluding carboxylic acids is 1. The van der Waals surface area contributed by atoms with Crippen molar-refractivity contribution in [2.45, 2.75) is 25.8 Å². The second kappa shape index (κ2) is 5.89. The molecule has 1 aliphatic rings. The summed E-state index contributed by atoms with van der Waals surface area (Å²) in [4.78, 5) is 13.6. The van der Waals surface area contributed by atoms with Gasteiger partial charge in [0, 0.05) is 6.54 Å². The van der Waals surface area contributed by atoms with E-state index in [0.717, 1.165) is 5.69 Å². The normalized spacial score (nSPS) is 18.5. The zero-order chi connectivity index (χ0) is 14.8. The van der Waals surface area contributed by atoms with Crippen LogP contribution in [0.1, 0.15) is 29.1 Å². The highest BCUT2D eigenvalue weighted by Crippen LogP contribution is 2.36. The van der Waals surface area contributed by atoms with E-state index in [0.29, 0.717) is 18.8 Å². The summed E-state index contributed by atoms with van der Waals surface area (Å²) >= 11 is 1.62. The molecule has 1 atom stereocenters. The second-order valence-electron chi connectivity index (χ2n) is 5.17. The van der Waals surface area contributed by atoms with Crippen LogP contribution in [0, 0.1) is 6.92 Å². The SMILES string of the molecule is CCN1C(=O)CS[C@@H]1c1cn(Cc2ccc(C)cc2)nn1. The van der Waals surface area contributed by atoms with Gasteiger partial charge in [-0.05, 0) is 19.4 Å². The molecule has 6 heteroatoms. The van der Waals surface area contributed by atoms with Gasteiger partial charge in [-0.3, -0.25) is 4.79 Å². The molecule has 5 nitrogen and oxygen atoms in total. The Morgan fingerprint density at radius 3 is 2.81 bits per heavy atom. The minimum Gasteiger partial charge on any atom is -0.324 e. The molecule has 0 bridgehead atoms. The Morgan fingerprint density at radius 1 is 1.33 bits per heavy atom. The zero-order valence-electron chi connectivity index (χ0n) is 12.2. The Bertz CT molecular complexity index is 637. The van der Waals surface area contributed by atoms with Crippen molar-refractivity contribution in [3.05, 3.63) is 47.3 Å². The highest BCUT2D eigenvalue weighted by molar-refractivity contribution is 8.00. The van der Waals surface area contributed by atoms with Gasteiger partial charge in [-0.2, -0.15) is 0 Å². The minimum absolute atomic E-state index is 0.00858. The maximum atomic E-state index is 11.8. The van der Waals surface area contributed by atoms with Crippen molar-refractivity contribution in [3.63, 3.8) is 0 Å². The quantitative estimate of drug-likeness (QED) is 0.869. The third-order valence-electron chi connectivity index (χ3n) is 3.58. The Hall–Kier alpha value is -1.82. The van der Waals surface area contributed by atoms with Crippen LogP contribution in [0.3, 0.4) is 0 Å². The largest absolute Gasteiger partial charge is 0.324 e. The van der Waals surface area contributed by atoms with Crippen LogP contribution in [0.5, 0.6) is 0 Å². The Morgan fingerprint density at radius 2 is 2.10 bits per heavy atom. The summed E-state index contributed by atoms with van der Waals surface area (Å²) in [7, 11) is 0. The Labute approximate surface area is 128 Å². The van der Waals surface area contributed by atoms with Crippen molar-refractivity contribution in [3.8, 4) is 0 Å². The van der Waals surface area contributed by atoms with E-state index in [1.54, 1.807) is 11.8 Å². The maximum Gasteiger partial charge on any atom is 0.233 e. The van der Waals surface area contributed by atoms with E-state index < -0.39 is 0 Å². The first-order valence-electron chi connectivity index (χ1n) is 7.04. The fourth-order valence-corrected chi connectivity index (χ4v) is 3.62. The number of nitrogens with zero attached hydrogens (tertiary/aromatic N) is 4. The summed E-state index contributed by atoms with van der Waals surface area (Å²) in [6.45, 7) is 5.48. The van der Waals surface area contributed by atoms with Crippen LogP contribution in [0.2, 0.25) is 0 Å². The van der Waals surface area contributed by atoms with E-state index in [1.165, 1.54) is 11.1 Å². The van der Waals surface area contributed by atoms with Gasteiger partial charge in [-0.15, -0.1) is 16.9 Å². The number of hydrogen-bond donors (Lipinski definition) is 0. The van der Waals surface area contributed by atoms with Gasteiger partial charge in [-0.25, -0.2) is 4.68 Å². The summed E-state index contributed by atoms with van der Waals surface area (Å²) in [5.74, 6) is 0.712. The van der Waals surface area contributed by atoms with Gasteiger partial charge in [0.25, 0.3) is 0 Å². The standard InChI is InChI=1S/C15H18N4OS/c1-3-19-14(20)10-21-15(19)13-9-18(17-16-13)8-12-6-4-11(2)5-7-12/h4-7,9,15H,3,8,10H2,1-2H3/t15-/m1/s1. The fraction of sp³-hybridized carbons (Fsp3) is 0.400. The van der Waals surface area contributed by atoms with Crippen molar-refractivity contribution < 1.29 is 4.79 Å². The number of benzene rings is 1. The van der Waals surface area contributed by atoms with E-state index in [4.69, 9.17) is 0 Å². The third kappa shape index (κ3) is 2.95. The lowest BCUT2D eigenvalue weighted by Crippen LogP contribution is -2.27. The molecule has 110 valence electrons. The molecular weight excluding hydrogens is 284 g/mol. The van der Waals surface area contributed by atoms with Crippen LogP contribution in [0.15, 0.2) is 30.5 Å². The number of carbonyl (C=O) groups is 1. The molecule has 1 saturated heterocycles. The lowest BCUT2D eigenvalue weighted by Gasteiger charge is -2.19. The Kier molecular flexibility index (Phi) is 3.96. The smallest absolute Gasteiger partial charge is 0.233 e. The molecule has 1 aromatic carbocycles. The first kappa shape index (κ1) is 14.1. The first-order chi connectivity index (χ1) is 10.2. The third-order valence-corrected chi connectivity index (χ3v) is 4.81. The van der Waals surface area contributed by atoms with E-state index in [9.17, 15) is 4.79 Å². The Balaban J connectivity index is 1.74. The van der Waals surface area contributed by atoms with Gasteiger partial charge < -0.3 is 4.90 Å². The van der Waals surface area contributed by atoms with Crippen molar-refractivity contribution in [2.75, 3.05) is 12.3 Å². The molecule has 0 unspecified atom stereocenters. The monoisotopic (exact) mass is 302 g/mol. The molecule has 0 saturated carbocycles. The molecule has 2 aromatic rings. The molecule has 0 spiro atoms. The van der Waals surface area contributed by atoms with Crippen molar-refractivity contribution in [2.24, 2.45) is 0 Å². The molecule has 1 fully saturated rings. The number of aryl methyl sites for hydroxylation is 1. The van der Waals surface area contributed by atoms with Crippen LogP contribution < -0.4 is 0 Å². The van der Waals surface area contributed by atoms with Crippen LogP contribution in [-0.4, -0.2) is 38.1 Å². The number of aromatic nitrogens is 3. The van der Waals surface area contributed by atoms with Gasteiger partial charge in [0.2, 0.25) is 5.91 Å². The number of amides is 1. The molecular formula is C15H18N4OS. The van der Waals surface area contributed by atoms with E-state index in [-0.39, 0.29) is 11.3 Å². The van der Waals surface area contributed by atoms with E-state index in [1.807, 2.05) is 22.7 Å². The van der Waals surface area contributed by atoms with Gasteiger partial charge in [0.15, 0.2) is 0 Å². The van der Waals surface area contributed by atoms with Gasteiger partial charge in [-0.1, -0.05) is 35.0 Å². The predicted molar refractivity (Wildman–Crippen MR) is 82.9 cm³/mol. The molecule has 1 aromatic heterocycles. The summed E-state index contributed by atoms with van der Waals surface area (Å²) in [5, 5.41) is 8.44. The topological polar surface area (TPSA) is 51.0 Å². The van der Waals surface area contributed by atoms with Crippen LogP contribution >= 0.6 is 11.8 Å². The zero-order valence-corrected chi connectivity index (χ0v) is 13.0. The van der Waals surface area contributed by atoms with Crippen molar-refractivity contribution in [1.82, 2.24) is 19.9 Å². The van der Waals surface area contributed by atoms with Crippen molar-refractivity contribution >= 4 is 17.7 Å². The van der Waals surface area contributed by atoms with Gasteiger partial charge >= 0.3 is 0 Å². The summed E-state index contributed by atoms with van der Waals surface area (Å²) in [5.41, 5.74) is 3.30. The molecule has 1 aliphatic heterocycles. The number of rotatable bonds is 4. The van der Waals surface area contributed by atoms with Crippen LogP contribution in [-0.2, 0) is 11.3 Å². The first-order valence-corrected chi connectivity index (χ1v) is 8.09. The summed E-state index contributed by atoms with van der Waals surface area (Å²) in [6.07, 6.45) is 1.94. The molecule has 21 heavy (non-hydrogen) atoms. The summed E-state index contributed by atoms with van der Waals surface area (Å²) < 4.78 is 1.83. The molecule has 3 rings (SSSR count). The van der Waals surface area contributed by atoms with E-state index in [2.05, 4.69) is 41.5 Å². The lowest BCUT2D eigenvalue weighted by atomic mass is 10.1. The van der Waals surface area contributed by atoms with Crippen LogP contribution in [0.25, 0.3) is 0 Å². The highest BCUT2D eigenvalue weighted by Gasteiger charge is 2.33. The predicted octanol–water partition coefficient (Wildman–Crippen LogP) is 2.23. The maximum absolute atomic E-state index is 11.8. The fourth-order valence-electron chi connectivity index (χ4n) is 2.43. The molecule has 1 amide bonds. The second-order valence-corrected chi connectivity index (χ2v) is 6.24. The lowest BCUT2D eigenvalue weighted by molar-refractivity contribution is -0.127.